The van der Waals surface area contributed by atoms with Crippen LogP contribution in [0, 0.1) is 0 Å². The zero-order valence-corrected chi connectivity index (χ0v) is 13.7. The summed E-state index contributed by atoms with van der Waals surface area (Å²) in [5, 5.41) is 3.26. The van der Waals surface area contributed by atoms with Crippen LogP contribution in [0.5, 0.6) is 0 Å². The Morgan fingerprint density at radius 3 is 2.61 bits per heavy atom. The first-order chi connectivity index (χ1) is 11.4. The van der Waals surface area contributed by atoms with E-state index in [9.17, 15) is 0 Å². The number of anilines is 2. The number of hydrogen-bond acceptors (Lipinski definition) is 5. The largest absolute Gasteiger partial charge is 0.383 e. The summed E-state index contributed by atoms with van der Waals surface area (Å²) in [7, 11) is 1.70. The van der Waals surface area contributed by atoms with Gasteiger partial charge in [-0.05, 0) is 19.3 Å². The summed E-state index contributed by atoms with van der Waals surface area (Å²) in [6, 6.07) is 12.4. The summed E-state index contributed by atoms with van der Waals surface area (Å²) in [4.78, 5) is 11.7. The van der Waals surface area contributed by atoms with E-state index in [4.69, 9.17) is 9.72 Å². The lowest BCUT2D eigenvalue weighted by atomic mass is 10.1. The number of piperidine rings is 1. The highest BCUT2D eigenvalue weighted by Crippen LogP contribution is 2.25. The Kier molecular flexibility index (Phi) is 5.42. The maximum atomic E-state index is 5.10. The molecule has 5 nitrogen and oxygen atoms in total. The molecule has 0 aliphatic carbocycles. The molecule has 1 N–H and O–H groups in total. The van der Waals surface area contributed by atoms with Crippen molar-refractivity contribution in [3.05, 3.63) is 36.4 Å². The quantitative estimate of drug-likeness (QED) is 0.830. The van der Waals surface area contributed by atoms with Gasteiger partial charge in [0, 0.05) is 38.4 Å². The number of rotatable bonds is 6. The molecule has 0 atom stereocenters. The number of benzene rings is 1. The van der Waals surface area contributed by atoms with Gasteiger partial charge in [-0.15, -0.1) is 0 Å². The molecule has 5 heteroatoms. The second-order valence-electron chi connectivity index (χ2n) is 5.77. The van der Waals surface area contributed by atoms with Crippen molar-refractivity contribution < 1.29 is 4.74 Å². The fraction of sp³-hybridized carbons (Fsp3) is 0.444. The molecule has 2 heterocycles. The summed E-state index contributed by atoms with van der Waals surface area (Å²) in [5.74, 6) is 1.68. The number of ether oxygens (including phenoxy) is 1. The molecule has 0 amide bonds. The van der Waals surface area contributed by atoms with Crippen molar-refractivity contribution >= 4 is 11.8 Å². The van der Waals surface area contributed by atoms with Gasteiger partial charge in [0.2, 0.25) is 5.95 Å². The Balaban J connectivity index is 1.89. The van der Waals surface area contributed by atoms with Gasteiger partial charge in [-0.1, -0.05) is 30.3 Å². The maximum Gasteiger partial charge on any atom is 0.225 e. The highest BCUT2D eigenvalue weighted by atomic mass is 16.5. The number of nitrogens with one attached hydrogen (secondary N) is 1. The molecule has 0 unspecified atom stereocenters. The van der Waals surface area contributed by atoms with Crippen molar-refractivity contribution in [2.75, 3.05) is 43.6 Å². The van der Waals surface area contributed by atoms with Crippen LogP contribution in [0.3, 0.4) is 0 Å². The van der Waals surface area contributed by atoms with Crippen LogP contribution in [-0.2, 0) is 4.74 Å². The van der Waals surface area contributed by atoms with Crippen LogP contribution in [0.1, 0.15) is 19.3 Å². The molecule has 1 saturated heterocycles. The lowest BCUT2D eigenvalue weighted by molar-refractivity contribution is 0.210. The SMILES string of the molecule is COCCNc1nc(-c2ccccc2)cc(N2CCCCC2)n1. The first-order valence-corrected chi connectivity index (χ1v) is 8.29. The summed E-state index contributed by atoms with van der Waals surface area (Å²) in [6.07, 6.45) is 3.78. The van der Waals surface area contributed by atoms with Crippen molar-refractivity contribution in [1.82, 2.24) is 9.97 Å². The van der Waals surface area contributed by atoms with Crippen LogP contribution >= 0.6 is 0 Å². The number of methoxy groups -OCH3 is 1. The molecule has 0 saturated carbocycles. The predicted molar refractivity (Wildman–Crippen MR) is 93.9 cm³/mol. The van der Waals surface area contributed by atoms with Crippen LogP contribution in [-0.4, -0.2) is 43.3 Å². The molecule has 1 fully saturated rings. The Bertz CT molecular complexity index is 612. The topological polar surface area (TPSA) is 50.3 Å². The fourth-order valence-electron chi connectivity index (χ4n) is 2.82. The molecule has 0 spiro atoms. The van der Waals surface area contributed by atoms with E-state index in [-0.39, 0.29) is 0 Å². The van der Waals surface area contributed by atoms with E-state index in [2.05, 4.69) is 33.4 Å². The van der Waals surface area contributed by atoms with Crippen LogP contribution in [0.2, 0.25) is 0 Å². The minimum absolute atomic E-state index is 0.637. The minimum Gasteiger partial charge on any atom is -0.383 e. The molecule has 2 aromatic rings. The van der Waals surface area contributed by atoms with Gasteiger partial charge in [-0.25, -0.2) is 4.98 Å². The molecule has 3 rings (SSSR count). The van der Waals surface area contributed by atoms with Crippen molar-refractivity contribution in [3.63, 3.8) is 0 Å². The molecular weight excluding hydrogens is 288 g/mol. The van der Waals surface area contributed by atoms with E-state index in [1.54, 1.807) is 7.11 Å². The first-order valence-electron chi connectivity index (χ1n) is 8.29. The second kappa shape index (κ2) is 7.92. The average molecular weight is 312 g/mol. The molecule has 1 aromatic heterocycles. The summed E-state index contributed by atoms with van der Waals surface area (Å²) < 4.78 is 5.10. The summed E-state index contributed by atoms with van der Waals surface area (Å²) in [5.41, 5.74) is 2.07. The van der Waals surface area contributed by atoms with E-state index in [1.165, 1.54) is 19.3 Å². The van der Waals surface area contributed by atoms with Gasteiger partial charge < -0.3 is 15.0 Å². The third kappa shape index (κ3) is 4.20. The van der Waals surface area contributed by atoms with E-state index < -0.39 is 0 Å². The van der Waals surface area contributed by atoms with Gasteiger partial charge >= 0.3 is 0 Å². The van der Waals surface area contributed by atoms with Crippen LogP contribution in [0.4, 0.5) is 11.8 Å². The van der Waals surface area contributed by atoms with Gasteiger partial charge in [-0.3, -0.25) is 0 Å². The second-order valence-corrected chi connectivity index (χ2v) is 5.77. The standard InChI is InChI=1S/C18H24N4O/c1-23-13-10-19-18-20-16(15-8-4-2-5-9-15)14-17(21-18)22-11-6-3-7-12-22/h2,4-5,8-9,14H,3,6-7,10-13H2,1H3,(H,19,20,21). The molecule has 23 heavy (non-hydrogen) atoms. The maximum absolute atomic E-state index is 5.10. The Hall–Kier alpha value is -2.14. The van der Waals surface area contributed by atoms with Crippen molar-refractivity contribution in [1.29, 1.82) is 0 Å². The lowest BCUT2D eigenvalue weighted by Gasteiger charge is -2.28. The zero-order chi connectivity index (χ0) is 15.9. The Labute approximate surface area is 137 Å². The molecule has 0 bridgehead atoms. The average Bonchev–Trinajstić information content (AvgIpc) is 2.63. The highest BCUT2D eigenvalue weighted by molar-refractivity contribution is 5.64. The Morgan fingerprint density at radius 1 is 1.09 bits per heavy atom. The van der Waals surface area contributed by atoms with E-state index in [0.717, 1.165) is 30.2 Å². The smallest absolute Gasteiger partial charge is 0.225 e. The van der Waals surface area contributed by atoms with Crippen molar-refractivity contribution in [2.24, 2.45) is 0 Å². The predicted octanol–water partition coefficient (Wildman–Crippen LogP) is 3.19. The molecule has 1 aliphatic rings. The van der Waals surface area contributed by atoms with Gasteiger partial charge in [0.25, 0.3) is 0 Å². The minimum atomic E-state index is 0.637. The molecule has 122 valence electrons. The molecule has 1 aromatic carbocycles. The highest BCUT2D eigenvalue weighted by Gasteiger charge is 2.15. The first kappa shape index (κ1) is 15.7. The molecular formula is C18H24N4O. The monoisotopic (exact) mass is 312 g/mol. The van der Waals surface area contributed by atoms with Crippen molar-refractivity contribution in [2.45, 2.75) is 19.3 Å². The number of nitrogens with zero attached hydrogens (tertiary/aromatic N) is 3. The van der Waals surface area contributed by atoms with E-state index in [1.807, 2.05) is 18.2 Å². The third-order valence-corrected chi connectivity index (χ3v) is 4.05. The Morgan fingerprint density at radius 2 is 1.87 bits per heavy atom. The van der Waals surface area contributed by atoms with Gasteiger partial charge in [0.15, 0.2) is 0 Å². The number of aromatic nitrogens is 2. The van der Waals surface area contributed by atoms with Crippen molar-refractivity contribution in [3.8, 4) is 11.3 Å². The molecule has 0 radical (unpaired) electrons. The number of hydrogen-bond donors (Lipinski definition) is 1. The summed E-state index contributed by atoms with van der Waals surface area (Å²) >= 11 is 0. The zero-order valence-electron chi connectivity index (χ0n) is 13.7. The fourth-order valence-corrected chi connectivity index (χ4v) is 2.82. The van der Waals surface area contributed by atoms with Gasteiger partial charge in [0.1, 0.15) is 5.82 Å². The molecule has 1 aliphatic heterocycles. The van der Waals surface area contributed by atoms with Gasteiger partial charge in [0.05, 0.1) is 12.3 Å². The van der Waals surface area contributed by atoms with Gasteiger partial charge in [-0.2, -0.15) is 4.98 Å². The summed E-state index contributed by atoms with van der Waals surface area (Å²) in [6.45, 7) is 3.48. The third-order valence-electron chi connectivity index (χ3n) is 4.05. The van der Waals surface area contributed by atoms with Crippen LogP contribution in [0.15, 0.2) is 36.4 Å². The normalized spacial score (nSPS) is 14.7. The lowest BCUT2D eigenvalue weighted by Crippen LogP contribution is -2.30. The van der Waals surface area contributed by atoms with E-state index in [0.29, 0.717) is 19.1 Å². The van der Waals surface area contributed by atoms with Crippen LogP contribution < -0.4 is 10.2 Å². The van der Waals surface area contributed by atoms with Crippen LogP contribution in [0.25, 0.3) is 11.3 Å². The van der Waals surface area contributed by atoms with E-state index >= 15 is 0 Å².